The van der Waals surface area contributed by atoms with Gasteiger partial charge in [-0.1, -0.05) is 6.92 Å². The van der Waals surface area contributed by atoms with E-state index in [2.05, 4.69) is 13.0 Å². The zero-order valence-electron chi connectivity index (χ0n) is 11.6. The Morgan fingerprint density at radius 3 is 3.00 bits per heavy atom. The van der Waals surface area contributed by atoms with E-state index in [0.717, 1.165) is 18.0 Å². The second kappa shape index (κ2) is 6.39. The lowest BCUT2D eigenvalue weighted by molar-refractivity contribution is 0.266. The zero-order chi connectivity index (χ0) is 14.7. The number of thiophene rings is 1. The van der Waals surface area contributed by atoms with Gasteiger partial charge < -0.3 is 5.73 Å². The molecule has 20 heavy (non-hydrogen) atoms. The second-order valence-electron chi connectivity index (χ2n) is 4.44. The molecule has 1 aromatic heterocycles. The molecule has 2 rings (SSSR count). The van der Waals surface area contributed by atoms with Gasteiger partial charge in [0.15, 0.2) is 0 Å². The molecule has 5 nitrogen and oxygen atoms in total. The molecule has 2 heterocycles. The van der Waals surface area contributed by atoms with Gasteiger partial charge in [-0.15, -0.1) is 11.3 Å². The van der Waals surface area contributed by atoms with E-state index in [1.165, 1.54) is 11.3 Å². The number of amides is 1. The minimum absolute atomic E-state index is 0.311. The number of nitriles is 1. The standard InChI is InChI=1S/C13H18N4OS2/c1-3-10-8-17(20(9-10)13(15)18)16(4-2)12-11(7-14)5-6-19-12/h5-6,9-10H,3-4,8H2,1-2H3,(H2,15,18). The molecule has 1 aliphatic rings. The highest BCUT2D eigenvalue weighted by atomic mass is 32.2. The Kier molecular flexibility index (Phi) is 4.81. The molecule has 2 N–H and O–H groups in total. The highest BCUT2D eigenvalue weighted by molar-refractivity contribution is 8.26. The molecule has 0 aliphatic carbocycles. The molecule has 7 heteroatoms. The highest BCUT2D eigenvalue weighted by Gasteiger charge is 2.31. The fourth-order valence-electron chi connectivity index (χ4n) is 2.17. The van der Waals surface area contributed by atoms with Gasteiger partial charge in [0, 0.05) is 13.1 Å². The lowest BCUT2D eigenvalue weighted by Crippen LogP contribution is -2.40. The number of carbonyl (C=O) groups is 1. The van der Waals surface area contributed by atoms with E-state index in [1.807, 2.05) is 33.2 Å². The molecule has 1 aliphatic heterocycles. The third-order valence-electron chi connectivity index (χ3n) is 3.24. The Morgan fingerprint density at radius 1 is 1.70 bits per heavy atom. The predicted molar refractivity (Wildman–Crippen MR) is 85.8 cm³/mol. The third-order valence-corrected chi connectivity index (χ3v) is 6.02. The zero-order valence-corrected chi connectivity index (χ0v) is 13.2. The number of anilines is 1. The first-order valence-electron chi connectivity index (χ1n) is 6.52. The highest BCUT2D eigenvalue weighted by Crippen LogP contribution is 2.37. The molecule has 1 aromatic rings. The van der Waals surface area contributed by atoms with E-state index >= 15 is 0 Å². The fraction of sp³-hybridized carbons (Fsp3) is 0.462. The van der Waals surface area contributed by atoms with Crippen LogP contribution in [-0.2, 0) is 0 Å². The van der Waals surface area contributed by atoms with Gasteiger partial charge in [-0.25, -0.2) is 0 Å². The van der Waals surface area contributed by atoms with Gasteiger partial charge in [-0.05, 0) is 46.7 Å². The molecule has 0 bridgehead atoms. The second-order valence-corrected chi connectivity index (χ2v) is 7.06. The molecule has 0 radical (unpaired) electrons. The van der Waals surface area contributed by atoms with Crippen LogP contribution in [0.5, 0.6) is 0 Å². The van der Waals surface area contributed by atoms with Crippen LogP contribution in [0.2, 0.25) is 0 Å². The maximum Gasteiger partial charge on any atom is 0.286 e. The maximum atomic E-state index is 11.7. The molecule has 0 saturated carbocycles. The summed E-state index contributed by atoms with van der Waals surface area (Å²) < 4.78 is 2.02. The van der Waals surface area contributed by atoms with Crippen LogP contribution in [0.1, 0.15) is 25.8 Å². The number of hydrogen-bond donors (Lipinski definition) is 1. The molecular formula is C13H18N4OS2. The summed E-state index contributed by atoms with van der Waals surface area (Å²) in [6, 6.07) is 4.01. The normalized spacial score (nSPS) is 22.2. The summed E-state index contributed by atoms with van der Waals surface area (Å²) >= 11 is 1.52. The van der Waals surface area contributed by atoms with E-state index in [1.54, 1.807) is 0 Å². The number of nitrogens with two attached hydrogens (primary N) is 1. The van der Waals surface area contributed by atoms with Crippen molar-refractivity contribution in [3.8, 4) is 6.07 Å². The fourth-order valence-corrected chi connectivity index (χ4v) is 5.03. The number of rotatable bonds is 4. The molecule has 0 fully saturated rings. The van der Waals surface area contributed by atoms with Gasteiger partial charge in [0.05, 0.1) is 5.56 Å². The van der Waals surface area contributed by atoms with Crippen molar-refractivity contribution >= 4 is 37.6 Å². The molecule has 108 valence electrons. The Hall–Kier alpha value is -1.36. The summed E-state index contributed by atoms with van der Waals surface area (Å²) in [5.41, 5.74) is 6.18. The Bertz CT molecular complexity index is 575. The minimum atomic E-state index is -0.701. The summed E-state index contributed by atoms with van der Waals surface area (Å²) in [6.07, 6.45) is 0.986. The summed E-state index contributed by atoms with van der Waals surface area (Å²) in [5.74, 6) is 0.366. The Labute approximate surface area is 125 Å². The minimum Gasteiger partial charge on any atom is -0.360 e. The van der Waals surface area contributed by atoms with Crippen molar-refractivity contribution in [2.24, 2.45) is 11.7 Å². The topological polar surface area (TPSA) is 73.4 Å². The smallest absolute Gasteiger partial charge is 0.286 e. The van der Waals surface area contributed by atoms with Gasteiger partial charge in [0.1, 0.15) is 11.1 Å². The first kappa shape index (κ1) is 15.0. The summed E-state index contributed by atoms with van der Waals surface area (Å²) in [7, 11) is -0.701. The van der Waals surface area contributed by atoms with E-state index in [4.69, 9.17) is 5.73 Å². The molecule has 1 amide bonds. The molecule has 0 saturated heterocycles. The Morgan fingerprint density at radius 2 is 2.45 bits per heavy atom. The van der Waals surface area contributed by atoms with Crippen LogP contribution >= 0.6 is 22.0 Å². The third kappa shape index (κ3) is 2.73. The first-order chi connectivity index (χ1) is 9.62. The van der Waals surface area contributed by atoms with E-state index < -0.39 is 10.7 Å². The summed E-state index contributed by atoms with van der Waals surface area (Å²) in [5, 5.41) is 15.7. The number of hydrogen-bond acceptors (Lipinski definition) is 5. The molecule has 2 unspecified atom stereocenters. The van der Waals surface area contributed by atoms with Gasteiger partial charge in [-0.3, -0.25) is 9.80 Å². The molecular weight excluding hydrogens is 292 g/mol. The van der Waals surface area contributed by atoms with E-state index in [-0.39, 0.29) is 5.24 Å². The molecule has 0 spiro atoms. The lowest BCUT2D eigenvalue weighted by Gasteiger charge is -2.33. The van der Waals surface area contributed by atoms with Gasteiger partial charge in [-0.2, -0.15) is 9.68 Å². The SMILES string of the molecule is CCC1C=S(C(N)=O)N(N(CC)c2sccc2C#N)C1. The number of carbonyl (C=O) groups excluding carboxylic acids is 1. The lowest BCUT2D eigenvalue weighted by atomic mass is 10.1. The first-order valence-corrected chi connectivity index (χ1v) is 8.65. The number of primary amides is 1. The van der Waals surface area contributed by atoms with E-state index in [9.17, 15) is 10.1 Å². The van der Waals surface area contributed by atoms with Crippen molar-refractivity contribution in [3.63, 3.8) is 0 Å². The summed E-state index contributed by atoms with van der Waals surface area (Å²) in [4.78, 5) is 11.7. The average Bonchev–Trinajstić information content (AvgIpc) is 3.06. The Balaban J connectivity index is 2.35. The van der Waals surface area contributed by atoms with Crippen molar-refractivity contribution in [3.05, 3.63) is 17.0 Å². The summed E-state index contributed by atoms with van der Waals surface area (Å²) in [6.45, 7) is 5.60. The van der Waals surface area contributed by atoms with Crippen LogP contribution in [0, 0.1) is 17.2 Å². The van der Waals surface area contributed by atoms with Crippen molar-refractivity contribution in [1.82, 2.24) is 4.41 Å². The van der Waals surface area contributed by atoms with Gasteiger partial charge >= 0.3 is 0 Å². The van der Waals surface area contributed by atoms with Crippen LogP contribution in [0.4, 0.5) is 9.80 Å². The largest absolute Gasteiger partial charge is 0.360 e. The van der Waals surface area contributed by atoms with Crippen LogP contribution in [-0.4, -0.2) is 28.1 Å². The van der Waals surface area contributed by atoms with E-state index in [0.29, 0.717) is 18.0 Å². The van der Waals surface area contributed by atoms with Gasteiger partial charge in [0.25, 0.3) is 5.24 Å². The average molecular weight is 310 g/mol. The van der Waals surface area contributed by atoms with Crippen LogP contribution in [0.3, 0.4) is 0 Å². The van der Waals surface area contributed by atoms with Crippen LogP contribution in [0.25, 0.3) is 0 Å². The number of nitrogens with zero attached hydrogens (tertiary/aromatic N) is 3. The van der Waals surface area contributed by atoms with Crippen molar-refractivity contribution in [2.45, 2.75) is 20.3 Å². The van der Waals surface area contributed by atoms with Crippen LogP contribution < -0.4 is 10.7 Å². The quantitative estimate of drug-likeness (QED) is 0.868. The van der Waals surface area contributed by atoms with Crippen molar-refractivity contribution < 1.29 is 4.79 Å². The monoisotopic (exact) mass is 310 g/mol. The number of hydrazine groups is 1. The maximum absolute atomic E-state index is 11.7. The van der Waals surface area contributed by atoms with Gasteiger partial charge in [0.2, 0.25) is 0 Å². The van der Waals surface area contributed by atoms with Crippen molar-refractivity contribution in [2.75, 3.05) is 18.1 Å². The van der Waals surface area contributed by atoms with Crippen LogP contribution in [0.15, 0.2) is 11.4 Å². The molecule has 0 aromatic carbocycles. The predicted octanol–water partition coefficient (Wildman–Crippen LogP) is 2.77. The van der Waals surface area contributed by atoms with Crippen molar-refractivity contribution in [1.29, 1.82) is 5.26 Å². The molecule has 2 atom stereocenters.